The molecule has 8 nitrogen and oxygen atoms in total. The number of carbonyl (C=O) groups is 4. The number of rotatable bonds is 11. The molecule has 0 heterocycles. The number of nitrogens with one attached hydrogen (secondary N) is 2. The van der Waals surface area contributed by atoms with E-state index in [2.05, 4.69) is 10.6 Å². The second kappa shape index (κ2) is 14.5. The molecule has 0 aromatic heterocycles. The summed E-state index contributed by atoms with van der Waals surface area (Å²) in [6, 6.07) is 13.3. The van der Waals surface area contributed by atoms with E-state index >= 15 is 0 Å². The van der Waals surface area contributed by atoms with Gasteiger partial charge in [-0.05, 0) is 114 Å². The van der Waals surface area contributed by atoms with E-state index in [4.69, 9.17) is 4.74 Å². The lowest BCUT2D eigenvalue weighted by Crippen LogP contribution is -2.36. The van der Waals surface area contributed by atoms with E-state index in [-0.39, 0.29) is 42.4 Å². The first-order chi connectivity index (χ1) is 19.7. The van der Waals surface area contributed by atoms with Crippen molar-refractivity contribution in [3.05, 3.63) is 59.2 Å². The number of amides is 2. The molecule has 1 aliphatic carbocycles. The smallest absolute Gasteiger partial charge is 0.407 e. The average molecular weight is 579 g/mol. The number of aryl methyl sites for hydroxylation is 1. The summed E-state index contributed by atoms with van der Waals surface area (Å²) in [5.74, 6) is -1.74. The molecule has 0 aliphatic heterocycles. The van der Waals surface area contributed by atoms with Crippen molar-refractivity contribution in [2.45, 2.75) is 91.7 Å². The molecule has 0 radical (unpaired) electrons. The lowest BCUT2D eigenvalue weighted by molar-refractivity contribution is -0.144. The summed E-state index contributed by atoms with van der Waals surface area (Å²) in [7, 11) is 0. The van der Waals surface area contributed by atoms with E-state index in [9.17, 15) is 24.3 Å². The van der Waals surface area contributed by atoms with Gasteiger partial charge in [0.25, 0.3) is 5.91 Å². The number of Topliss-reactive ketones (excluding diaryl/α,β-unsaturated/α-hetero) is 1. The van der Waals surface area contributed by atoms with Crippen molar-refractivity contribution in [1.29, 1.82) is 0 Å². The van der Waals surface area contributed by atoms with Crippen molar-refractivity contribution in [2.24, 2.45) is 17.8 Å². The predicted octanol–water partition coefficient (Wildman–Crippen LogP) is 6.33. The van der Waals surface area contributed by atoms with Crippen LogP contribution in [0, 0.1) is 24.7 Å². The van der Waals surface area contributed by atoms with Crippen LogP contribution in [0.2, 0.25) is 0 Å². The highest BCUT2D eigenvalue weighted by molar-refractivity contribution is 5.96. The molecule has 1 fully saturated rings. The van der Waals surface area contributed by atoms with Crippen molar-refractivity contribution >= 4 is 23.8 Å². The summed E-state index contributed by atoms with van der Waals surface area (Å²) in [5.41, 5.74) is 3.81. The molecule has 0 bridgehead atoms. The molecule has 228 valence electrons. The third-order valence-corrected chi connectivity index (χ3v) is 7.70. The van der Waals surface area contributed by atoms with Gasteiger partial charge >= 0.3 is 12.1 Å². The Kier molecular flexibility index (Phi) is 11.3. The second-order valence-corrected chi connectivity index (χ2v) is 12.9. The highest BCUT2D eigenvalue weighted by Crippen LogP contribution is 2.31. The fraction of sp³-hybridized carbons (Fsp3) is 0.529. The molecular formula is C34H46N2O6. The molecule has 1 saturated carbocycles. The number of hydrogen-bond donors (Lipinski definition) is 3. The molecule has 0 saturated heterocycles. The Morgan fingerprint density at radius 3 is 2.19 bits per heavy atom. The Balaban J connectivity index is 1.55. The predicted molar refractivity (Wildman–Crippen MR) is 163 cm³/mol. The number of benzene rings is 2. The van der Waals surface area contributed by atoms with Gasteiger partial charge in [-0.3, -0.25) is 14.4 Å². The summed E-state index contributed by atoms with van der Waals surface area (Å²) >= 11 is 0. The lowest BCUT2D eigenvalue weighted by atomic mass is 9.77. The first-order valence-corrected chi connectivity index (χ1v) is 14.9. The summed E-state index contributed by atoms with van der Waals surface area (Å²) < 4.78 is 5.29. The van der Waals surface area contributed by atoms with Gasteiger partial charge in [-0.25, -0.2) is 4.79 Å². The number of aliphatic carboxylic acids is 1. The Hall–Kier alpha value is -3.68. The fourth-order valence-electron chi connectivity index (χ4n) is 5.41. The molecule has 0 spiro atoms. The molecule has 2 amide bonds. The van der Waals surface area contributed by atoms with Gasteiger partial charge in [0.1, 0.15) is 11.4 Å². The van der Waals surface area contributed by atoms with Crippen molar-refractivity contribution in [3.63, 3.8) is 0 Å². The largest absolute Gasteiger partial charge is 0.481 e. The zero-order valence-electron chi connectivity index (χ0n) is 25.8. The second-order valence-electron chi connectivity index (χ2n) is 12.9. The van der Waals surface area contributed by atoms with Crippen LogP contribution in [-0.4, -0.2) is 47.0 Å². The first-order valence-electron chi connectivity index (χ1n) is 14.9. The number of carboxylic acid groups (broad SMARTS) is 1. The van der Waals surface area contributed by atoms with Crippen molar-refractivity contribution in [3.8, 4) is 11.1 Å². The van der Waals surface area contributed by atoms with Crippen molar-refractivity contribution in [2.75, 3.05) is 6.54 Å². The highest BCUT2D eigenvalue weighted by atomic mass is 16.6. The molecule has 2 aromatic rings. The quantitative estimate of drug-likeness (QED) is 0.286. The highest BCUT2D eigenvalue weighted by Gasteiger charge is 2.30. The molecule has 3 rings (SSSR count). The van der Waals surface area contributed by atoms with Gasteiger partial charge in [0.2, 0.25) is 0 Å². The number of alkyl carbamates (subject to hydrolysis) is 1. The molecule has 3 N–H and O–H groups in total. The van der Waals surface area contributed by atoms with Crippen molar-refractivity contribution < 1.29 is 29.0 Å². The Morgan fingerprint density at radius 2 is 1.62 bits per heavy atom. The van der Waals surface area contributed by atoms with Crippen LogP contribution >= 0.6 is 0 Å². The number of carboxylic acids is 1. The van der Waals surface area contributed by atoms with Crippen LogP contribution in [0.5, 0.6) is 0 Å². The van der Waals surface area contributed by atoms with E-state index in [1.165, 1.54) is 0 Å². The standard InChI is InChI=1S/C34H46N2O6/c1-21(2)36-31(38)27-12-7-22(3)29(18-27)25-13-8-23(9-14-25)17-28(32(39)40)19-30(37)26-15-10-24(11-16-26)20-35-33(41)42-34(4,5)6/h7-9,12-14,18,21,24,26,28H,10-11,15-17,19-20H2,1-6H3,(H,35,41)(H,36,38)(H,39,40)/t24?,26?,28-/m1/s1. The van der Waals surface area contributed by atoms with E-state index in [1.54, 1.807) is 0 Å². The van der Waals surface area contributed by atoms with Gasteiger partial charge < -0.3 is 20.5 Å². The third kappa shape index (κ3) is 10.00. The van der Waals surface area contributed by atoms with Gasteiger partial charge in [-0.2, -0.15) is 0 Å². The van der Waals surface area contributed by atoms with Crippen LogP contribution < -0.4 is 10.6 Å². The van der Waals surface area contributed by atoms with E-state index in [1.807, 2.05) is 84.0 Å². The SMILES string of the molecule is Cc1ccc(C(=O)NC(C)C)cc1-c1ccc(C[C@H](CC(=O)C2CCC(CNC(=O)OC(C)(C)C)CC2)C(=O)O)cc1. The van der Waals surface area contributed by atoms with Crippen LogP contribution in [0.4, 0.5) is 4.79 Å². The average Bonchev–Trinajstić information content (AvgIpc) is 2.91. The molecule has 42 heavy (non-hydrogen) atoms. The van der Waals surface area contributed by atoms with Gasteiger partial charge in [0.15, 0.2) is 0 Å². The maximum Gasteiger partial charge on any atom is 0.407 e. The minimum Gasteiger partial charge on any atom is -0.481 e. The summed E-state index contributed by atoms with van der Waals surface area (Å²) in [6.07, 6.45) is 2.87. The summed E-state index contributed by atoms with van der Waals surface area (Å²) in [5, 5.41) is 15.6. The maximum absolute atomic E-state index is 13.1. The number of hydrogen-bond acceptors (Lipinski definition) is 5. The van der Waals surface area contributed by atoms with Crippen LogP contribution in [0.3, 0.4) is 0 Å². The molecule has 1 aliphatic rings. The Morgan fingerprint density at radius 1 is 0.976 bits per heavy atom. The zero-order chi connectivity index (χ0) is 31.0. The molecule has 1 atom stereocenters. The zero-order valence-corrected chi connectivity index (χ0v) is 25.8. The van der Waals surface area contributed by atoms with E-state index in [0.29, 0.717) is 24.9 Å². The number of ketones is 1. The first kappa shape index (κ1) is 32.8. The molecular weight excluding hydrogens is 532 g/mol. The van der Waals surface area contributed by atoms with E-state index in [0.717, 1.165) is 35.1 Å². The van der Waals surface area contributed by atoms with Crippen LogP contribution in [-0.2, 0) is 20.7 Å². The Bertz CT molecular complexity index is 1250. The van der Waals surface area contributed by atoms with Gasteiger partial charge in [-0.1, -0.05) is 30.3 Å². The van der Waals surface area contributed by atoms with Gasteiger partial charge in [0.05, 0.1) is 5.92 Å². The van der Waals surface area contributed by atoms with Crippen LogP contribution in [0.15, 0.2) is 42.5 Å². The number of ether oxygens (including phenoxy) is 1. The molecule has 2 aromatic carbocycles. The lowest BCUT2D eigenvalue weighted by Gasteiger charge is -2.29. The van der Waals surface area contributed by atoms with Crippen LogP contribution in [0.1, 0.15) is 88.2 Å². The Labute approximate surface area is 249 Å². The fourth-order valence-corrected chi connectivity index (χ4v) is 5.41. The third-order valence-electron chi connectivity index (χ3n) is 7.70. The maximum atomic E-state index is 13.1. The van der Waals surface area contributed by atoms with Crippen molar-refractivity contribution in [1.82, 2.24) is 10.6 Å². The van der Waals surface area contributed by atoms with Gasteiger partial charge in [0, 0.05) is 30.5 Å². The summed E-state index contributed by atoms with van der Waals surface area (Å²) in [6.45, 7) is 11.8. The monoisotopic (exact) mass is 578 g/mol. The normalized spacial score (nSPS) is 17.8. The van der Waals surface area contributed by atoms with Crippen LogP contribution in [0.25, 0.3) is 11.1 Å². The number of carbonyl (C=O) groups excluding carboxylic acids is 3. The minimum absolute atomic E-state index is 0.00434. The molecule has 0 unspecified atom stereocenters. The van der Waals surface area contributed by atoms with E-state index < -0.39 is 23.6 Å². The topological polar surface area (TPSA) is 122 Å². The molecule has 8 heteroatoms. The minimum atomic E-state index is -0.970. The summed E-state index contributed by atoms with van der Waals surface area (Å²) in [4.78, 5) is 49.6. The van der Waals surface area contributed by atoms with Gasteiger partial charge in [-0.15, -0.1) is 0 Å².